The van der Waals surface area contributed by atoms with E-state index >= 15 is 0 Å². The van der Waals surface area contributed by atoms with Gasteiger partial charge in [-0.25, -0.2) is 4.98 Å². The SMILES string of the molecule is CC(C)n1c(=O)c(Cc2ccc(Cl)cc2)cn2c(=O)c3ccccc3nc12. The van der Waals surface area contributed by atoms with Gasteiger partial charge >= 0.3 is 0 Å². The fourth-order valence-electron chi connectivity index (χ4n) is 3.29. The Hall–Kier alpha value is -2.92. The van der Waals surface area contributed by atoms with Crippen LogP contribution >= 0.6 is 11.6 Å². The number of nitrogens with zero attached hydrogens (tertiary/aromatic N) is 3. The first-order chi connectivity index (χ1) is 13.0. The van der Waals surface area contributed by atoms with E-state index in [9.17, 15) is 9.59 Å². The maximum absolute atomic E-state index is 13.1. The maximum Gasteiger partial charge on any atom is 0.266 e. The number of fused-ring (bicyclic) bond motifs is 2. The minimum Gasteiger partial charge on any atom is -0.275 e. The molecule has 0 aliphatic carbocycles. The summed E-state index contributed by atoms with van der Waals surface area (Å²) in [7, 11) is 0. The Kier molecular flexibility index (Phi) is 4.32. The lowest BCUT2D eigenvalue weighted by atomic mass is 10.1. The molecule has 0 radical (unpaired) electrons. The van der Waals surface area contributed by atoms with Crippen molar-refractivity contribution in [2.45, 2.75) is 26.3 Å². The van der Waals surface area contributed by atoms with E-state index in [2.05, 4.69) is 4.98 Å². The second-order valence-electron chi connectivity index (χ2n) is 6.83. The molecule has 0 fully saturated rings. The van der Waals surface area contributed by atoms with Gasteiger partial charge in [0.05, 0.1) is 10.9 Å². The van der Waals surface area contributed by atoms with E-state index in [1.165, 1.54) is 4.40 Å². The summed E-state index contributed by atoms with van der Waals surface area (Å²) in [6.45, 7) is 3.82. The highest BCUT2D eigenvalue weighted by Crippen LogP contribution is 2.15. The monoisotopic (exact) mass is 379 g/mol. The molecule has 6 heteroatoms. The molecule has 0 spiro atoms. The quantitative estimate of drug-likeness (QED) is 0.508. The van der Waals surface area contributed by atoms with Gasteiger partial charge in [0.15, 0.2) is 0 Å². The summed E-state index contributed by atoms with van der Waals surface area (Å²) in [5.41, 5.74) is 1.76. The Morgan fingerprint density at radius 3 is 2.41 bits per heavy atom. The lowest BCUT2D eigenvalue weighted by Crippen LogP contribution is -2.32. The molecule has 27 heavy (non-hydrogen) atoms. The van der Waals surface area contributed by atoms with Crippen LogP contribution in [0.25, 0.3) is 16.7 Å². The van der Waals surface area contributed by atoms with Gasteiger partial charge in [-0.1, -0.05) is 35.9 Å². The highest BCUT2D eigenvalue weighted by Gasteiger charge is 2.16. The minimum absolute atomic E-state index is 0.134. The Morgan fingerprint density at radius 2 is 1.70 bits per heavy atom. The lowest BCUT2D eigenvalue weighted by Gasteiger charge is -2.16. The first kappa shape index (κ1) is 17.5. The molecule has 136 valence electrons. The molecule has 0 saturated carbocycles. The zero-order valence-corrected chi connectivity index (χ0v) is 15.8. The van der Waals surface area contributed by atoms with E-state index in [1.807, 2.05) is 38.1 Å². The summed E-state index contributed by atoms with van der Waals surface area (Å²) in [5, 5.41) is 1.17. The lowest BCUT2D eigenvalue weighted by molar-refractivity contribution is 0.575. The van der Waals surface area contributed by atoms with Crippen molar-refractivity contribution in [2.24, 2.45) is 0 Å². The Bertz CT molecular complexity index is 1270. The molecule has 2 heterocycles. The maximum atomic E-state index is 13.1. The second-order valence-corrected chi connectivity index (χ2v) is 7.27. The van der Waals surface area contributed by atoms with Gasteiger partial charge in [-0.2, -0.15) is 0 Å². The van der Waals surface area contributed by atoms with Crippen LogP contribution in [0.15, 0.2) is 64.3 Å². The van der Waals surface area contributed by atoms with Crippen LogP contribution in [0.5, 0.6) is 0 Å². The minimum atomic E-state index is -0.178. The zero-order valence-electron chi connectivity index (χ0n) is 15.0. The van der Waals surface area contributed by atoms with Crippen LogP contribution in [0, 0.1) is 0 Å². The summed E-state index contributed by atoms with van der Waals surface area (Å²) in [4.78, 5) is 30.7. The number of aromatic nitrogens is 3. The molecule has 0 amide bonds. The van der Waals surface area contributed by atoms with Gasteiger partial charge in [-0.15, -0.1) is 0 Å². The summed E-state index contributed by atoms with van der Waals surface area (Å²) in [6.07, 6.45) is 2.03. The molecule has 4 aromatic rings. The number of hydrogen-bond donors (Lipinski definition) is 0. The van der Waals surface area contributed by atoms with Crippen molar-refractivity contribution in [3.8, 4) is 0 Å². The zero-order chi connectivity index (χ0) is 19.1. The molecule has 5 nitrogen and oxygen atoms in total. The largest absolute Gasteiger partial charge is 0.275 e. The van der Waals surface area contributed by atoms with E-state index in [0.717, 1.165) is 5.56 Å². The smallest absolute Gasteiger partial charge is 0.266 e. The average molecular weight is 380 g/mol. The summed E-state index contributed by atoms with van der Waals surface area (Å²) in [5.74, 6) is 0.360. The van der Waals surface area contributed by atoms with Gasteiger partial charge in [0, 0.05) is 29.2 Å². The molecule has 2 aromatic heterocycles. The van der Waals surface area contributed by atoms with Crippen molar-refractivity contribution in [3.05, 3.63) is 91.6 Å². The van der Waals surface area contributed by atoms with Crippen LogP contribution in [0.2, 0.25) is 5.02 Å². The van der Waals surface area contributed by atoms with Crippen molar-refractivity contribution < 1.29 is 0 Å². The molecule has 0 atom stereocenters. The first-order valence-corrected chi connectivity index (χ1v) is 9.13. The third kappa shape index (κ3) is 3.04. The predicted octanol–water partition coefficient (Wildman–Crippen LogP) is 3.83. The van der Waals surface area contributed by atoms with Gasteiger partial charge < -0.3 is 0 Å². The van der Waals surface area contributed by atoms with E-state index in [1.54, 1.807) is 35.0 Å². The standard InChI is InChI=1S/C21H18ClN3O2/c1-13(2)25-19(26)15(11-14-7-9-16(22)10-8-14)12-24-20(27)17-5-3-4-6-18(17)23-21(24)25/h3-10,12-13H,11H2,1-2H3. The van der Waals surface area contributed by atoms with E-state index in [-0.39, 0.29) is 17.2 Å². The molecular formula is C21H18ClN3O2. The highest BCUT2D eigenvalue weighted by molar-refractivity contribution is 6.30. The summed E-state index contributed by atoms with van der Waals surface area (Å²) >= 11 is 5.95. The van der Waals surface area contributed by atoms with Crippen molar-refractivity contribution in [2.75, 3.05) is 0 Å². The van der Waals surface area contributed by atoms with Crippen molar-refractivity contribution in [1.29, 1.82) is 0 Å². The average Bonchev–Trinajstić information content (AvgIpc) is 2.65. The molecule has 0 aliphatic rings. The van der Waals surface area contributed by atoms with Gasteiger partial charge in [-0.05, 0) is 43.7 Å². The van der Waals surface area contributed by atoms with Crippen molar-refractivity contribution >= 4 is 28.3 Å². The fraction of sp³-hybridized carbons (Fsp3) is 0.190. The van der Waals surface area contributed by atoms with Crippen LogP contribution < -0.4 is 11.1 Å². The molecule has 0 bridgehead atoms. The van der Waals surface area contributed by atoms with Crippen LogP contribution in [-0.2, 0) is 6.42 Å². The van der Waals surface area contributed by atoms with Gasteiger partial charge in [0.25, 0.3) is 11.1 Å². The Balaban J connectivity index is 2.03. The number of para-hydroxylation sites is 1. The van der Waals surface area contributed by atoms with E-state index in [0.29, 0.717) is 33.7 Å². The molecule has 0 aliphatic heterocycles. The van der Waals surface area contributed by atoms with E-state index in [4.69, 9.17) is 11.6 Å². The molecule has 0 unspecified atom stereocenters. The third-order valence-corrected chi connectivity index (χ3v) is 4.86. The number of benzene rings is 2. The van der Waals surface area contributed by atoms with E-state index < -0.39 is 0 Å². The summed E-state index contributed by atoms with van der Waals surface area (Å²) in [6, 6.07) is 14.4. The normalized spacial score (nSPS) is 11.6. The van der Waals surface area contributed by atoms with Crippen LogP contribution in [-0.4, -0.2) is 14.0 Å². The molecule has 0 N–H and O–H groups in total. The number of hydrogen-bond acceptors (Lipinski definition) is 3. The molecule has 4 rings (SSSR count). The predicted molar refractivity (Wildman–Crippen MR) is 108 cm³/mol. The molecule has 0 saturated heterocycles. The van der Waals surface area contributed by atoms with Crippen LogP contribution in [0.3, 0.4) is 0 Å². The second kappa shape index (κ2) is 6.67. The van der Waals surface area contributed by atoms with Gasteiger partial charge in [0.1, 0.15) is 0 Å². The molecule has 2 aromatic carbocycles. The van der Waals surface area contributed by atoms with Crippen LogP contribution in [0.4, 0.5) is 0 Å². The topological polar surface area (TPSA) is 56.4 Å². The van der Waals surface area contributed by atoms with Crippen LogP contribution in [0.1, 0.15) is 31.0 Å². The third-order valence-electron chi connectivity index (χ3n) is 4.61. The molecular weight excluding hydrogens is 362 g/mol. The summed E-state index contributed by atoms with van der Waals surface area (Å²) < 4.78 is 3.06. The number of halogens is 1. The highest BCUT2D eigenvalue weighted by atomic mass is 35.5. The first-order valence-electron chi connectivity index (χ1n) is 8.75. The Morgan fingerprint density at radius 1 is 1.00 bits per heavy atom. The fourth-order valence-corrected chi connectivity index (χ4v) is 3.41. The number of rotatable bonds is 3. The van der Waals surface area contributed by atoms with Gasteiger partial charge in [0.2, 0.25) is 5.78 Å². The van der Waals surface area contributed by atoms with Crippen molar-refractivity contribution in [1.82, 2.24) is 14.0 Å². The van der Waals surface area contributed by atoms with Gasteiger partial charge in [-0.3, -0.25) is 18.6 Å². The Labute approximate surface area is 160 Å². The van der Waals surface area contributed by atoms with Crippen molar-refractivity contribution in [3.63, 3.8) is 0 Å².